The predicted octanol–water partition coefficient (Wildman–Crippen LogP) is 2.11. The lowest BCUT2D eigenvalue weighted by atomic mass is 9.95. The highest BCUT2D eigenvalue weighted by atomic mass is 35.5. The van der Waals surface area contributed by atoms with E-state index in [1.54, 1.807) is 30.9 Å². The second-order valence-corrected chi connectivity index (χ2v) is 4.32. The van der Waals surface area contributed by atoms with E-state index in [0.717, 1.165) is 6.54 Å². The Morgan fingerprint density at radius 3 is 2.80 bits per heavy atom. The topological polar surface area (TPSA) is 46.9 Å². The van der Waals surface area contributed by atoms with Crippen LogP contribution in [0.5, 0.6) is 0 Å². The average molecular weight is 230 g/mol. The van der Waals surface area contributed by atoms with Gasteiger partial charge in [-0.15, -0.1) is 11.6 Å². The molecule has 0 unspecified atom stereocenters. The van der Waals surface area contributed by atoms with E-state index in [2.05, 4.69) is 10.4 Å². The maximum atomic E-state index is 11.7. The maximum absolute atomic E-state index is 11.7. The Hall–Kier alpha value is -1.03. The minimum absolute atomic E-state index is 0.0897. The standard InChI is InChI=1S/C10H16ClN3O/c1-4-14-6-8(5-12-14)13-9(15)10(2,3)7-11/h5-6H,4,7H2,1-3H3,(H,13,15). The number of amides is 1. The molecule has 0 aliphatic rings. The molecule has 0 aliphatic carbocycles. The lowest BCUT2D eigenvalue weighted by Crippen LogP contribution is -2.32. The molecule has 84 valence electrons. The molecule has 1 aromatic heterocycles. The van der Waals surface area contributed by atoms with Crippen LogP contribution in [0, 0.1) is 5.41 Å². The van der Waals surface area contributed by atoms with Gasteiger partial charge in [-0.3, -0.25) is 9.48 Å². The zero-order chi connectivity index (χ0) is 11.5. The lowest BCUT2D eigenvalue weighted by Gasteiger charge is -2.19. The van der Waals surface area contributed by atoms with Crippen molar-refractivity contribution in [3.05, 3.63) is 12.4 Å². The van der Waals surface area contributed by atoms with Crippen molar-refractivity contribution in [1.29, 1.82) is 0 Å². The average Bonchev–Trinajstić information content (AvgIpc) is 2.65. The molecule has 0 radical (unpaired) electrons. The zero-order valence-corrected chi connectivity index (χ0v) is 10.0. The molecule has 0 fully saturated rings. The Bertz CT molecular complexity index is 346. The van der Waals surface area contributed by atoms with Gasteiger partial charge in [0.05, 0.1) is 17.3 Å². The molecular formula is C10H16ClN3O. The second-order valence-electron chi connectivity index (χ2n) is 4.06. The summed E-state index contributed by atoms with van der Waals surface area (Å²) in [5.41, 5.74) is 0.149. The fourth-order valence-electron chi connectivity index (χ4n) is 0.962. The first-order valence-electron chi connectivity index (χ1n) is 4.89. The van der Waals surface area contributed by atoms with Gasteiger partial charge in [-0.05, 0) is 20.8 Å². The first-order chi connectivity index (χ1) is 6.99. The van der Waals surface area contributed by atoms with Crippen molar-refractivity contribution in [2.75, 3.05) is 11.2 Å². The predicted molar refractivity (Wildman–Crippen MR) is 61.0 cm³/mol. The Morgan fingerprint density at radius 2 is 2.33 bits per heavy atom. The van der Waals surface area contributed by atoms with Crippen molar-refractivity contribution in [3.8, 4) is 0 Å². The van der Waals surface area contributed by atoms with Gasteiger partial charge in [-0.25, -0.2) is 0 Å². The van der Waals surface area contributed by atoms with Crippen molar-refractivity contribution in [2.45, 2.75) is 27.3 Å². The summed E-state index contributed by atoms with van der Waals surface area (Å²) >= 11 is 5.71. The van der Waals surface area contributed by atoms with E-state index < -0.39 is 5.41 Å². The van der Waals surface area contributed by atoms with Crippen molar-refractivity contribution in [1.82, 2.24) is 9.78 Å². The van der Waals surface area contributed by atoms with Crippen LogP contribution in [0.1, 0.15) is 20.8 Å². The van der Waals surface area contributed by atoms with Gasteiger partial charge in [0.25, 0.3) is 0 Å². The Labute approximate surface area is 94.6 Å². The van der Waals surface area contributed by atoms with Crippen LogP contribution in [0.4, 0.5) is 5.69 Å². The van der Waals surface area contributed by atoms with Crippen LogP contribution in [0.2, 0.25) is 0 Å². The van der Waals surface area contributed by atoms with Gasteiger partial charge >= 0.3 is 0 Å². The highest BCUT2D eigenvalue weighted by molar-refractivity contribution is 6.20. The lowest BCUT2D eigenvalue weighted by molar-refractivity contribution is -0.122. The number of carbonyl (C=O) groups is 1. The monoisotopic (exact) mass is 229 g/mol. The maximum Gasteiger partial charge on any atom is 0.231 e. The van der Waals surface area contributed by atoms with E-state index in [1.807, 2.05) is 6.92 Å². The molecule has 0 atom stereocenters. The minimum Gasteiger partial charge on any atom is -0.323 e. The number of rotatable bonds is 4. The van der Waals surface area contributed by atoms with Crippen LogP contribution in [0.15, 0.2) is 12.4 Å². The molecule has 4 nitrogen and oxygen atoms in total. The Morgan fingerprint density at radius 1 is 1.67 bits per heavy atom. The van der Waals surface area contributed by atoms with Gasteiger partial charge in [0.2, 0.25) is 5.91 Å². The molecule has 1 aromatic rings. The Balaban J connectivity index is 2.66. The van der Waals surface area contributed by atoms with Crippen LogP contribution >= 0.6 is 11.6 Å². The molecular weight excluding hydrogens is 214 g/mol. The van der Waals surface area contributed by atoms with E-state index in [9.17, 15) is 4.79 Å². The Kier molecular flexibility index (Phi) is 3.74. The van der Waals surface area contributed by atoms with E-state index >= 15 is 0 Å². The van der Waals surface area contributed by atoms with Crippen LogP contribution in [-0.4, -0.2) is 21.6 Å². The molecule has 1 N–H and O–H groups in total. The SMILES string of the molecule is CCn1cc(NC(=O)C(C)(C)CCl)cn1. The summed E-state index contributed by atoms with van der Waals surface area (Å²) in [5, 5.41) is 6.85. The number of alkyl halides is 1. The molecule has 1 rings (SSSR count). The molecule has 0 bridgehead atoms. The van der Waals surface area contributed by atoms with Crippen LogP contribution in [-0.2, 0) is 11.3 Å². The van der Waals surface area contributed by atoms with Gasteiger partial charge in [-0.2, -0.15) is 5.10 Å². The molecule has 15 heavy (non-hydrogen) atoms. The molecule has 0 spiro atoms. The summed E-state index contributed by atoms with van der Waals surface area (Å²) in [6.45, 7) is 6.38. The molecule has 0 aliphatic heterocycles. The first-order valence-corrected chi connectivity index (χ1v) is 5.43. The van der Waals surface area contributed by atoms with Crippen LogP contribution in [0.3, 0.4) is 0 Å². The van der Waals surface area contributed by atoms with E-state index in [0.29, 0.717) is 11.6 Å². The number of anilines is 1. The number of carbonyl (C=O) groups excluding carboxylic acids is 1. The van der Waals surface area contributed by atoms with Crippen LogP contribution < -0.4 is 5.32 Å². The van der Waals surface area contributed by atoms with Crippen LogP contribution in [0.25, 0.3) is 0 Å². The van der Waals surface area contributed by atoms with Gasteiger partial charge in [0, 0.05) is 18.6 Å². The summed E-state index contributed by atoms with van der Waals surface area (Å²) in [4.78, 5) is 11.7. The number of hydrogen-bond donors (Lipinski definition) is 1. The first kappa shape index (κ1) is 12.0. The van der Waals surface area contributed by atoms with E-state index in [-0.39, 0.29) is 5.91 Å². The molecule has 1 amide bonds. The van der Waals surface area contributed by atoms with Gasteiger partial charge in [0.1, 0.15) is 0 Å². The number of aryl methyl sites for hydroxylation is 1. The van der Waals surface area contributed by atoms with Crippen molar-refractivity contribution in [3.63, 3.8) is 0 Å². The zero-order valence-electron chi connectivity index (χ0n) is 9.25. The third-order valence-electron chi connectivity index (χ3n) is 2.16. The van der Waals surface area contributed by atoms with E-state index in [1.165, 1.54) is 0 Å². The van der Waals surface area contributed by atoms with Gasteiger partial charge in [0.15, 0.2) is 0 Å². The van der Waals surface area contributed by atoms with Crippen molar-refractivity contribution >= 4 is 23.2 Å². The molecule has 0 aromatic carbocycles. The molecule has 0 saturated heterocycles. The normalized spacial score (nSPS) is 11.5. The van der Waals surface area contributed by atoms with Crippen molar-refractivity contribution < 1.29 is 4.79 Å². The number of hydrogen-bond acceptors (Lipinski definition) is 2. The smallest absolute Gasteiger partial charge is 0.231 e. The number of halogens is 1. The van der Waals surface area contributed by atoms with E-state index in [4.69, 9.17) is 11.6 Å². The summed E-state index contributed by atoms with van der Waals surface area (Å²) < 4.78 is 1.75. The number of nitrogens with one attached hydrogen (secondary N) is 1. The fraction of sp³-hybridized carbons (Fsp3) is 0.600. The summed E-state index contributed by atoms with van der Waals surface area (Å²) in [7, 11) is 0. The number of aromatic nitrogens is 2. The molecule has 5 heteroatoms. The third kappa shape index (κ3) is 2.96. The van der Waals surface area contributed by atoms with Crippen molar-refractivity contribution in [2.24, 2.45) is 5.41 Å². The largest absolute Gasteiger partial charge is 0.323 e. The molecule has 0 saturated carbocycles. The van der Waals surface area contributed by atoms with Gasteiger partial charge < -0.3 is 5.32 Å². The molecule has 1 heterocycles. The van der Waals surface area contributed by atoms with Gasteiger partial charge in [-0.1, -0.05) is 0 Å². The fourth-order valence-corrected chi connectivity index (χ4v) is 1.08. The third-order valence-corrected chi connectivity index (χ3v) is 2.83. The highest BCUT2D eigenvalue weighted by Gasteiger charge is 2.26. The number of nitrogens with zero attached hydrogens (tertiary/aromatic N) is 2. The summed E-state index contributed by atoms with van der Waals surface area (Å²) in [5.74, 6) is 0.203. The minimum atomic E-state index is -0.560. The summed E-state index contributed by atoms with van der Waals surface area (Å²) in [6.07, 6.45) is 3.42. The highest BCUT2D eigenvalue weighted by Crippen LogP contribution is 2.19. The quantitative estimate of drug-likeness (QED) is 0.804. The summed E-state index contributed by atoms with van der Waals surface area (Å²) in [6, 6.07) is 0. The second kappa shape index (κ2) is 4.66.